The van der Waals surface area contributed by atoms with Gasteiger partial charge < -0.3 is 14.4 Å². The van der Waals surface area contributed by atoms with Crippen LogP contribution in [0.5, 0.6) is 0 Å². The SMILES string of the molecule is Cc1cnc(-c2[c-]ccc3c2oc2nc(-c4c(C)cccc4C)ccc23)cc1C(C(C)C)C(C)C.[Ir].[c-]1ccccc1-c1ccccn1. The number of aryl methyl sites for hydroxylation is 3. The van der Waals surface area contributed by atoms with E-state index in [2.05, 4.69) is 108 Å². The van der Waals surface area contributed by atoms with E-state index >= 15 is 0 Å². The van der Waals surface area contributed by atoms with Crippen molar-refractivity contribution in [3.05, 3.63) is 138 Å². The smallest absolute Gasteiger partial charge is 0.216 e. The first-order valence-electron chi connectivity index (χ1n) is 16.4. The van der Waals surface area contributed by atoms with Gasteiger partial charge in [-0.2, -0.15) is 0 Å². The van der Waals surface area contributed by atoms with E-state index in [0.717, 1.165) is 44.6 Å². The number of nitrogens with zero attached hydrogens (tertiary/aromatic N) is 3. The third-order valence-electron chi connectivity index (χ3n) is 8.88. The van der Waals surface area contributed by atoms with Crippen LogP contribution >= 0.6 is 0 Å². The molecule has 0 saturated carbocycles. The molecule has 0 amide bonds. The summed E-state index contributed by atoms with van der Waals surface area (Å²) in [4.78, 5) is 14.0. The summed E-state index contributed by atoms with van der Waals surface area (Å²) in [5.41, 5.74) is 12.4. The molecule has 4 nitrogen and oxygen atoms in total. The molecule has 7 aromatic rings. The standard InChI is InChI=1S/C32H33N2O.C11H8N.Ir/c1-18(2)29(19(3)4)26-16-28(33-17-22(26)7)25-13-9-12-23-24-14-15-27(34-32(24)35-31(23)25)30-20(5)10-8-11-21(30)6;1-2-6-10(7-3-1)11-8-4-5-9-12-11;/h8-12,14-19,29H,1-7H3;1-6,8-9H;/q2*-1;. The second-order valence-electron chi connectivity index (χ2n) is 12.9. The average molecular weight is 808 g/mol. The number of aromatic nitrogens is 3. The molecule has 245 valence electrons. The van der Waals surface area contributed by atoms with Gasteiger partial charge in [-0.05, 0) is 90.4 Å². The van der Waals surface area contributed by atoms with E-state index in [4.69, 9.17) is 14.4 Å². The topological polar surface area (TPSA) is 51.8 Å². The maximum atomic E-state index is 6.42. The first kappa shape index (κ1) is 34.9. The Bertz CT molecular complexity index is 2070. The van der Waals surface area contributed by atoms with Crippen molar-refractivity contribution in [1.82, 2.24) is 15.0 Å². The number of furan rings is 1. The number of hydrogen-bond acceptors (Lipinski definition) is 4. The van der Waals surface area contributed by atoms with Gasteiger partial charge in [-0.1, -0.05) is 75.0 Å². The average Bonchev–Trinajstić information content (AvgIpc) is 3.45. The van der Waals surface area contributed by atoms with E-state index in [0.29, 0.717) is 23.5 Å². The summed E-state index contributed by atoms with van der Waals surface area (Å²) in [5.74, 6) is 1.55. The third-order valence-corrected chi connectivity index (χ3v) is 8.88. The fraction of sp³-hybridized carbons (Fsp3) is 0.233. The van der Waals surface area contributed by atoms with Crippen molar-refractivity contribution in [2.24, 2.45) is 11.8 Å². The van der Waals surface area contributed by atoms with Crippen molar-refractivity contribution < 1.29 is 24.5 Å². The Morgan fingerprint density at radius 3 is 2.06 bits per heavy atom. The van der Waals surface area contributed by atoms with Crippen LogP contribution in [-0.2, 0) is 20.1 Å². The predicted octanol–water partition coefficient (Wildman–Crippen LogP) is 11.4. The number of fused-ring (bicyclic) bond motifs is 3. The van der Waals surface area contributed by atoms with Crippen LogP contribution in [0.1, 0.15) is 55.9 Å². The minimum atomic E-state index is 0. The Hall–Kier alpha value is -4.44. The zero-order chi connectivity index (χ0) is 33.1. The van der Waals surface area contributed by atoms with Crippen molar-refractivity contribution in [1.29, 1.82) is 0 Å². The Morgan fingerprint density at radius 1 is 0.646 bits per heavy atom. The van der Waals surface area contributed by atoms with Crippen molar-refractivity contribution in [3.63, 3.8) is 0 Å². The normalized spacial score (nSPS) is 11.2. The molecule has 0 aliphatic rings. The van der Waals surface area contributed by atoms with E-state index in [1.165, 1.54) is 27.8 Å². The molecule has 0 bridgehead atoms. The zero-order valence-electron chi connectivity index (χ0n) is 28.6. The molecule has 0 saturated heterocycles. The van der Waals surface area contributed by atoms with Crippen LogP contribution in [0, 0.1) is 44.7 Å². The fourth-order valence-electron chi connectivity index (χ4n) is 6.77. The van der Waals surface area contributed by atoms with Crippen molar-refractivity contribution in [2.75, 3.05) is 0 Å². The molecule has 0 fully saturated rings. The van der Waals surface area contributed by atoms with E-state index in [1.807, 2.05) is 54.7 Å². The second-order valence-corrected chi connectivity index (χ2v) is 12.9. The van der Waals surface area contributed by atoms with Crippen LogP contribution < -0.4 is 0 Å². The molecule has 0 N–H and O–H groups in total. The summed E-state index contributed by atoms with van der Waals surface area (Å²) in [6.45, 7) is 15.6. The number of hydrogen-bond donors (Lipinski definition) is 0. The van der Waals surface area contributed by atoms with Crippen LogP contribution in [-0.4, -0.2) is 15.0 Å². The second kappa shape index (κ2) is 15.2. The van der Waals surface area contributed by atoms with E-state index in [-0.39, 0.29) is 20.1 Å². The van der Waals surface area contributed by atoms with Gasteiger partial charge in [0.2, 0.25) is 5.71 Å². The predicted molar refractivity (Wildman–Crippen MR) is 194 cm³/mol. The molecule has 0 aliphatic heterocycles. The molecule has 4 aromatic heterocycles. The molecule has 0 aliphatic carbocycles. The van der Waals surface area contributed by atoms with Crippen LogP contribution in [0.3, 0.4) is 0 Å². The van der Waals surface area contributed by atoms with Gasteiger partial charge in [-0.3, -0.25) is 0 Å². The summed E-state index contributed by atoms with van der Waals surface area (Å²) in [5, 5.41) is 2.06. The van der Waals surface area contributed by atoms with Gasteiger partial charge in [-0.15, -0.1) is 54.1 Å². The summed E-state index contributed by atoms with van der Waals surface area (Å²) in [7, 11) is 0. The van der Waals surface area contributed by atoms with Gasteiger partial charge in [0.1, 0.15) is 0 Å². The Balaban J connectivity index is 0.000000291. The van der Waals surface area contributed by atoms with E-state index in [1.54, 1.807) is 6.20 Å². The first-order chi connectivity index (χ1) is 22.7. The monoisotopic (exact) mass is 808 g/mol. The maximum absolute atomic E-state index is 6.42. The summed E-state index contributed by atoms with van der Waals surface area (Å²) in [6, 6.07) is 37.1. The van der Waals surface area contributed by atoms with Crippen LogP contribution in [0.4, 0.5) is 0 Å². The molecule has 0 atom stereocenters. The summed E-state index contributed by atoms with van der Waals surface area (Å²) < 4.78 is 6.42. The zero-order valence-corrected chi connectivity index (χ0v) is 31.0. The van der Waals surface area contributed by atoms with Gasteiger partial charge in [0, 0.05) is 43.4 Å². The van der Waals surface area contributed by atoms with Crippen LogP contribution in [0.15, 0.2) is 108 Å². The quantitative estimate of drug-likeness (QED) is 0.157. The molecule has 4 heterocycles. The molecule has 7 rings (SSSR count). The minimum absolute atomic E-state index is 0. The van der Waals surface area contributed by atoms with Crippen molar-refractivity contribution in [2.45, 2.75) is 54.4 Å². The number of rotatable bonds is 6. The third kappa shape index (κ3) is 7.18. The molecule has 5 heteroatoms. The largest absolute Gasteiger partial charge is 0.486 e. The van der Waals surface area contributed by atoms with Gasteiger partial charge in [0.25, 0.3) is 0 Å². The van der Waals surface area contributed by atoms with Gasteiger partial charge in [0.05, 0.1) is 11.3 Å². The molecule has 3 aromatic carbocycles. The van der Waals surface area contributed by atoms with Crippen molar-refractivity contribution >= 4 is 22.1 Å². The first-order valence-corrected chi connectivity index (χ1v) is 16.4. The maximum Gasteiger partial charge on any atom is 0.216 e. The van der Waals surface area contributed by atoms with Crippen molar-refractivity contribution in [3.8, 4) is 33.8 Å². The Morgan fingerprint density at radius 2 is 1.40 bits per heavy atom. The minimum Gasteiger partial charge on any atom is -0.486 e. The molecular formula is C43H41IrN3O-2. The Kier molecular flexibility index (Phi) is 11.0. The molecule has 0 unspecified atom stereocenters. The molecule has 48 heavy (non-hydrogen) atoms. The van der Waals surface area contributed by atoms with Crippen LogP contribution in [0.2, 0.25) is 0 Å². The van der Waals surface area contributed by atoms with Crippen LogP contribution in [0.25, 0.3) is 55.8 Å². The van der Waals surface area contributed by atoms with Gasteiger partial charge in [-0.25, -0.2) is 4.98 Å². The molecule has 1 radical (unpaired) electrons. The summed E-state index contributed by atoms with van der Waals surface area (Å²) >= 11 is 0. The molecular weight excluding hydrogens is 767 g/mol. The Labute approximate surface area is 298 Å². The van der Waals surface area contributed by atoms with E-state index in [9.17, 15) is 0 Å². The van der Waals surface area contributed by atoms with Gasteiger partial charge in [0.15, 0.2) is 0 Å². The van der Waals surface area contributed by atoms with Gasteiger partial charge >= 0.3 is 0 Å². The number of benzene rings is 3. The summed E-state index contributed by atoms with van der Waals surface area (Å²) in [6.07, 6.45) is 3.78. The number of pyridine rings is 3. The van der Waals surface area contributed by atoms with E-state index < -0.39 is 0 Å². The molecule has 0 spiro atoms. The fourth-order valence-corrected chi connectivity index (χ4v) is 6.77.